The van der Waals surface area contributed by atoms with Gasteiger partial charge in [0.1, 0.15) is 5.82 Å². The Kier molecular flexibility index (Phi) is 6.66. The number of carbonyl (C=O) groups is 1. The number of ether oxygens (including phenoxy) is 1. The van der Waals surface area contributed by atoms with E-state index >= 15 is 0 Å². The van der Waals surface area contributed by atoms with Crippen LogP contribution in [0.25, 0.3) is 0 Å². The minimum Gasteiger partial charge on any atom is -0.465 e. The van der Waals surface area contributed by atoms with Crippen molar-refractivity contribution in [2.24, 2.45) is 0 Å². The standard InChI is InChI=1S/C13H18FNO3S/c1-18-13(16)11-5-4-10(8-12(11)14)9-15-6-3-7-19(2)17/h4-5,8,15H,3,6-7,9H2,1-2H3. The summed E-state index contributed by atoms with van der Waals surface area (Å²) in [7, 11) is 0.439. The Labute approximate surface area is 114 Å². The number of hydrogen-bond donors (Lipinski definition) is 1. The Morgan fingerprint density at radius 3 is 2.79 bits per heavy atom. The zero-order valence-electron chi connectivity index (χ0n) is 11.1. The highest BCUT2D eigenvalue weighted by atomic mass is 32.2. The fourth-order valence-electron chi connectivity index (χ4n) is 1.58. The van der Waals surface area contributed by atoms with Crippen molar-refractivity contribution in [3.63, 3.8) is 0 Å². The molecule has 0 fully saturated rings. The molecule has 0 saturated heterocycles. The molecule has 0 bridgehead atoms. The second-order valence-electron chi connectivity index (χ2n) is 4.11. The molecule has 6 heteroatoms. The van der Waals surface area contributed by atoms with Crippen LogP contribution in [0.2, 0.25) is 0 Å². The average molecular weight is 287 g/mol. The third kappa shape index (κ3) is 5.48. The number of rotatable bonds is 7. The van der Waals surface area contributed by atoms with Crippen LogP contribution in [-0.4, -0.2) is 35.8 Å². The third-order valence-corrected chi connectivity index (χ3v) is 3.42. The van der Waals surface area contributed by atoms with E-state index in [0.717, 1.165) is 18.5 Å². The van der Waals surface area contributed by atoms with Gasteiger partial charge in [-0.25, -0.2) is 9.18 Å². The minimum absolute atomic E-state index is 0.0624. The molecule has 1 unspecified atom stereocenters. The summed E-state index contributed by atoms with van der Waals surface area (Å²) in [5.74, 6) is -0.605. The van der Waals surface area contributed by atoms with Crippen molar-refractivity contribution in [1.29, 1.82) is 0 Å². The molecule has 19 heavy (non-hydrogen) atoms. The Hall–Kier alpha value is -1.27. The first-order valence-electron chi connectivity index (χ1n) is 5.92. The van der Waals surface area contributed by atoms with Crippen molar-refractivity contribution in [3.8, 4) is 0 Å². The molecule has 0 saturated carbocycles. The highest BCUT2D eigenvalue weighted by molar-refractivity contribution is 7.84. The molecule has 0 aliphatic heterocycles. The molecule has 0 spiro atoms. The zero-order valence-corrected chi connectivity index (χ0v) is 11.9. The van der Waals surface area contributed by atoms with Gasteiger partial charge in [-0.3, -0.25) is 4.21 Å². The van der Waals surface area contributed by atoms with Crippen LogP contribution in [-0.2, 0) is 22.1 Å². The first kappa shape index (κ1) is 15.8. The van der Waals surface area contributed by atoms with Crippen molar-refractivity contribution in [2.75, 3.05) is 25.7 Å². The normalized spacial score (nSPS) is 12.2. The van der Waals surface area contributed by atoms with Crippen LogP contribution < -0.4 is 5.32 Å². The summed E-state index contributed by atoms with van der Waals surface area (Å²) in [4.78, 5) is 11.2. The first-order chi connectivity index (χ1) is 9.04. The SMILES string of the molecule is COC(=O)c1ccc(CNCCCS(C)=O)cc1F. The van der Waals surface area contributed by atoms with Gasteiger partial charge in [0.2, 0.25) is 0 Å². The molecule has 0 radical (unpaired) electrons. The number of halogens is 1. The Morgan fingerprint density at radius 2 is 2.21 bits per heavy atom. The predicted molar refractivity (Wildman–Crippen MR) is 73.0 cm³/mol. The minimum atomic E-state index is -0.778. The second-order valence-corrected chi connectivity index (χ2v) is 5.67. The van der Waals surface area contributed by atoms with Gasteiger partial charge < -0.3 is 10.1 Å². The summed E-state index contributed by atoms with van der Waals surface area (Å²) < 4.78 is 28.9. The summed E-state index contributed by atoms with van der Waals surface area (Å²) in [6.07, 6.45) is 2.48. The van der Waals surface area contributed by atoms with Crippen LogP contribution >= 0.6 is 0 Å². The van der Waals surface area contributed by atoms with Gasteiger partial charge in [-0.2, -0.15) is 0 Å². The highest BCUT2D eigenvalue weighted by Gasteiger charge is 2.11. The van der Waals surface area contributed by atoms with Gasteiger partial charge in [0.05, 0.1) is 12.7 Å². The van der Waals surface area contributed by atoms with Crippen LogP contribution in [0, 0.1) is 5.82 Å². The molecule has 0 aliphatic carbocycles. The second kappa shape index (κ2) is 8.01. The molecule has 4 nitrogen and oxygen atoms in total. The first-order valence-corrected chi connectivity index (χ1v) is 7.64. The van der Waals surface area contributed by atoms with Crippen molar-refractivity contribution in [2.45, 2.75) is 13.0 Å². The quantitative estimate of drug-likeness (QED) is 0.609. The number of carbonyl (C=O) groups excluding carboxylic acids is 1. The van der Waals surface area contributed by atoms with E-state index in [0.29, 0.717) is 12.3 Å². The molecular formula is C13H18FNO3S. The number of benzene rings is 1. The topological polar surface area (TPSA) is 55.4 Å². The lowest BCUT2D eigenvalue weighted by Crippen LogP contribution is -2.17. The predicted octanol–water partition coefficient (Wildman–Crippen LogP) is 1.47. The summed E-state index contributed by atoms with van der Waals surface area (Å²) in [5, 5.41) is 3.13. The van der Waals surface area contributed by atoms with Crippen molar-refractivity contribution >= 4 is 16.8 Å². The number of methoxy groups -OCH3 is 1. The molecule has 0 amide bonds. The van der Waals surface area contributed by atoms with E-state index < -0.39 is 22.6 Å². The number of hydrogen-bond acceptors (Lipinski definition) is 4. The van der Waals surface area contributed by atoms with E-state index in [-0.39, 0.29) is 5.56 Å². The molecule has 0 aliphatic rings. The van der Waals surface area contributed by atoms with E-state index in [2.05, 4.69) is 10.1 Å². The Balaban J connectivity index is 2.45. The van der Waals surface area contributed by atoms with Crippen LogP contribution in [0.5, 0.6) is 0 Å². The fraction of sp³-hybridized carbons (Fsp3) is 0.462. The van der Waals surface area contributed by atoms with Crippen molar-refractivity contribution in [3.05, 3.63) is 35.1 Å². The molecule has 0 aromatic heterocycles. The van der Waals surface area contributed by atoms with Crippen LogP contribution in [0.1, 0.15) is 22.3 Å². The van der Waals surface area contributed by atoms with Gasteiger partial charge in [0.15, 0.2) is 0 Å². The lowest BCUT2D eigenvalue weighted by Gasteiger charge is -2.06. The van der Waals surface area contributed by atoms with E-state index in [1.807, 2.05) is 0 Å². The highest BCUT2D eigenvalue weighted by Crippen LogP contribution is 2.11. The summed E-state index contributed by atoms with van der Waals surface area (Å²) in [5.41, 5.74) is 0.690. The Bertz CT molecular complexity index is 465. The maximum atomic E-state index is 13.6. The van der Waals surface area contributed by atoms with E-state index in [1.54, 1.807) is 12.3 Å². The fourth-order valence-corrected chi connectivity index (χ4v) is 2.13. The molecule has 106 valence electrons. The van der Waals surface area contributed by atoms with Gasteiger partial charge in [-0.1, -0.05) is 6.07 Å². The van der Waals surface area contributed by atoms with Gasteiger partial charge in [0, 0.05) is 29.4 Å². The summed E-state index contributed by atoms with van der Waals surface area (Å²) in [6.45, 7) is 1.23. The van der Waals surface area contributed by atoms with E-state index in [9.17, 15) is 13.4 Å². The van der Waals surface area contributed by atoms with E-state index in [4.69, 9.17) is 0 Å². The molecule has 1 rings (SSSR count). The monoisotopic (exact) mass is 287 g/mol. The Morgan fingerprint density at radius 1 is 1.47 bits per heavy atom. The molecule has 1 N–H and O–H groups in total. The number of esters is 1. The third-order valence-electron chi connectivity index (χ3n) is 2.55. The van der Waals surface area contributed by atoms with Crippen LogP contribution in [0.15, 0.2) is 18.2 Å². The molecule has 1 atom stereocenters. The lowest BCUT2D eigenvalue weighted by atomic mass is 10.1. The average Bonchev–Trinajstić information content (AvgIpc) is 2.37. The van der Waals surface area contributed by atoms with Crippen LogP contribution in [0.4, 0.5) is 4.39 Å². The maximum Gasteiger partial charge on any atom is 0.340 e. The molecular weight excluding hydrogens is 269 g/mol. The number of nitrogens with one attached hydrogen (secondary N) is 1. The zero-order chi connectivity index (χ0) is 14.3. The molecule has 1 aromatic rings. The smallest absolute Gasteiger partial charge is 0.340 e. The van der Waals surface area contributed by atoms with Gasteiger partial charge >= 0.3 is 5.97 Å². The molecule has 1 aromatic carbocycles. The van der Waals surface area contributed by atoms with Gasteiger partial charge in [-0.05, 0) is 30.7 Å². The lowest BCUT2D eigenvalue weighted by molar-refractivity contribution is 0.0595. The maximum absolute atomic E-state index is 13.6. The van der Waals surface area contributed by atoms with Gasteiger partial charge in [-0.15, -0.1) is 0 Å². The largest absolute Gasteiger partial charge is 0.465 e. The molecule has 0 heterocycles. The van der Waals surface area contributed by atoms with Crippen molar-refractivity contribution < 1.29 is 18.1 Å². The summed E-state index contributed by atoms with van der Waals surface area (Å²) in [6, 6.07) is 4.41. The van der Waals surface area contributed by atoms with E-state index in [1.165, 1.54) is 19.2 Å². The van der Waals surface area contributed by atoms with Gasteiger partial charge in [0.25, 0.3) is 0 Å². The van der Waals surface area contributed by atoms with Crippen molar-refractivity contribution in [1.82, 2.24) is 5.32 Å². The van der Waals surface area contributed by atoms with Crippen LogP contribution in [0.3, 0.4) is 0 Å². The summed E-state index contributed by atoms with van der Waals surface area (Å²) >= 11 is 0.